The number of nitrogens with zero attached hydrogens (tertiary/aromatic N) is 2. The quantitative estimate of drug-likeness (QED) is 0.353. The molecule has 0 saturated carbocycles. The molecule has 0 aliphatic heterocycles. The van der Waals surface area contributed by atoms with Crippen LogP contribution in [-0.4, -0.2) is 15.2 Å². The molecule has 0 amide bonds. The molecule has 0 fully saturated rings. The molecule has 2 aromatic heterocycles. The Kier molecular flexibility index (Phi) is 4.27. The summed E-state index contributed by atoms with van der Waals surface area (Å²) in [6.45, 7) is 4.07. The van der Waals surface area contributed by atoms with Gasteiger partial charge in [-0.3, -0.25) is 9.20 Å². The lowest BCUT2D eigenvalue weighted by Gasteiger charge is -2.02. The van der Waals surface area contributed by atoms with E-state index >= 15 is 0 Å². The second-order valence-electron chi connectivity index (χ2n) is 6.26. The molecule has 0 aliphatic rings. The van der Waals surface area contributed by atoms with Crippen molar-refractivity contribution in [3.05, 3.63) is 88.6 Å². The van der Waals surface area contributed by atoms with E-state index in [2.05, 4.69) is 0 Å². The molecule has 2 heterocycles. The minimum atomic E-state index is -0.00251. The molecule has 0 aliphatic carbocycles. The number of carbonyl (C=O) groups excluding carboxylic acids is 1. The fraction of sp³-hybridized carbons (Fsp3) is 0.0909. The van der Waals surface area contributed by atoms with Crippen molar-refractivity contribution in [1.29, 1.82) is 0 Å². The number of rotatable bonds is 4. The Labute approximate surface area is 156 Å². The number of aromatic nitrogens is 2. The van der Waals surface area contributed by atoms with Crippen LogP contribution in [0.4, 0.5) is 0 Å². The van der Waals surface area contributed by atoms with Crippen LogP contribution in [-0.2, 0) is 0 Å². The zero-order valence-electron chi connectivity index (χ0n) is 14.6. The molecule has 0 radical (unpaired) electrons. The van der Waals surface area contributed by atoms with Crippen molar-refractivity contribution in [2.45, 2.75) is 13.8 Å². The van der Waals surface area contributed by atoms with Crippen LogP contribution in [0, 0.1) is 13.8 Å². The van der Waals surface area contributed by atoms with Gasteiger partial charge in [0.1, 0.15) is 0 Å². The number of thiazole rings is 1. The Bertz CT molecular complexity index is 1120. The van der Waals surface area contributed by atoms with Crippen molar-refractivity contribution in [2.75, 3.05) is 0 Å². The molecule has 2 aromatic carbocycles. The fourth-order valence-electron chi connectivity index (χ4n) is 2.92. The van der Waals surface area contributed by atoms with E-state index in [1.165, 1.54) is 5.56 Å². The first kappa shape index (κ1) is 16.5. The highest BCUT2D eigenvalue weighted by atomic mass is 32.1. The first-order valence-electron chi connectivity index (χ1n) is 8.44. The van der Waals surface area contributed by atoms with Gasteiger partial charge in [-0.05, 0) is 43.2 Å². The average Bonchev–Trinajstić information content (AvgIpc) is 3.24. The van der Waals surface area contributed by atoms with E-state index in [0.717, 1.165) is 27.5 Å². The van der Waals surface area contributed by atoms with Crippen molar-refractivity contribution in [3.63, 3.8) is 0 Å². The van der Waals surface area contributed by atoms with E-state index in [0.29, 0.717) is 5.56 Å². The molecule has 0 spiro atoms. The maximum Gasteiger partial charge on any atom is 0.194 e. The molecule has 0 N–H and O–H groups in total. The molecule has 0 unspecified atom stereocenters. The fourth-order valence-corrected chi connectivity index (χ4v) is 3.64. The summed E-state index contributed by atoms with van der Waals surface area (Å²) in [4.78, 5) is 18.3. The van der Waals surface area contributed by atoms with Crippen LogP contribution in [0.3, 0.4) is 0 Å². The van der Waals surface area contributed by atoms with Crippen LogP contribution in [0.2, 0.25) is 0 Å². The van der Waals surface area contributed by atoms with Crippen molar-refractivity contribution in [2.24, 2.45) is 0 Å². The highest BCUT2D eigenvalue weighted by Crippen LogP contribution is 2.27. The summed E-state index contributed by atoms with van der Waals surface area (Å²) in [5, 5.41) is 2.00. The molecule has 128 valence electrons. The van der Waals surface area contributed by atoms with Gasteiger partial charge in [0.05, 0.1) is 11.4 Å². The normalized spacial score (nSPS) is 11.5. The Morgan fingerprint density at radius 1 is 1.08 bits per heavy atom. The maximum atomic E-state index is 12.6. The van der Waals surface area contributed by atoms with Crippen molar-refractivity contribution in [3.8, 4) is 11.3 Å². The summed E-state index contributed by atoms with van der Waals surface area (Å²) in [5.74, 6) is -0.00251. The van der Waals surface area contributed by atoms with Gasteiger partial charge in [0, 0.05) is 22.7 Å². The smallest absolute Gasteiger partial charge is 0.194 e. The number of fused-ring (bicyclic) bond motifs is 1. The van der Waals surface area contributed by atoms with Gasteiger partial charge in [-0.15, -0.1) is 11.3 Å². The van der Waals surface area contributed by atoms with Gasteiger partial charge >= 0.3 is 0 Å². The molecule has 0 bridgehead atoms. The number of allylic oxidation sites excluding steroid dienone is 1. The first-order valence-corrected chi connectivity index (χ1v) is 9.32. The minimum absolute atomic E-state index is 0.00251. The highest BCUT2D eigenvalue weighted by Gasteiger charge is 2.13. The molecular formula is C22H18N2OS. The van der Waals surface area contributed by atoms with E-state index in [1.54, 1.807) is 17.4 Å². The van der Waals surface area contributed by atoms with Gasteiger partial charge in [0.15, 0.2) is 10.7 Å². The highest BCUT2D eigenvalue weighted by molar-refractivity contribution is 7.15. The Balaban J connectivity index is 1.74. The lowest BCUT2D eigenvalue weighted by atomic mass is 10.0. The average molecular weight is 358 g/mol. The number of hydrogen-bond acceptors (Lipinski definition) is 3. The zero-order valence-corrected chi connectivity index (χ0v) is 15.5. The van der Waals surface area contributed by atoms with Crippen LogP contribution in [0.5, 0.6) is 0 Å². The number of aryl methyl sites for hydroxylation is 2. The van der Waals surface area contributed by atoms with E-state index in [4.69, 9.17) is 4.98 Å². The van der Waals surface area contributed by atoms with Crippen molar-refractivity contribution in [1.82, 2.24) is 9.38 Å². The standard InChI is InChI=1S/C22H18N2OS/c1-15-8-9-18(14-16(15)2)20(25)11-10-19-21(17-6-4-3-5-7-17)23-22-24(19)12-13-26-22/h3-14H,1-2H3/b11-10+. The second kappa shape index (κ2) is 6.73. The number of hydrogen-bond donors (Lipinski definition) is 0. The molecular weight excluding hydrogens is 340 g/mol. The second-order valence-corrected chi connectivity index (χ2v) is 7.14. The van der Waals surface area contributed by atoms with E-state index in [1.807, 2.05) is 84.4 Å². The predicted octanol–water partition coefficient (Wildman–Crippen LogP) is 5.58. The van der Waals surface area contributed by atoms with Crippen molar-refractivity contribution < 1.29 is 4.79 Å². The summed E-state index contributed by atoms with van der Waals surface area (Å²) >= 11 is 1.58. The van der Waals surface area contributed by atoms with Crippen LogP contribution in [0.25, 0.3) is 22.3 Å². The third-order valence-electron chi connectivity index (χ3n) is 4.53. The third-order valence-corrected chi connectivity index (χ3v) is 5.29. The van der Waals surface area contributed by atoms with Gasteiger partial charge in [0.25, 0.3) is 0 Å². The predicted molar refractivity (Wildman–Crippen MR) is 108 cm³/mol. The molecule has 26 heavy (non-hydrogen) atoms. The van der Waals surface area contributed by atoms with Gasteiger partial charge in [-0.2, -0.15) is 0 Å². The van der Waals surface area contributed by atoms with E-state index in [9.17, 15) is 4.79 Å². The monoisotopic (exact) mass is 358 g/mol. The third kappa shape index (κ3) is 3.00. The Hall–Kier alpha value is -2.98. The van der Waals surface area contributed by atoms with Crippen LogP contribution in [0.15, 0.2) is 66.2 Å². The van der Waals surface area contributed by atoms with Crippen molar-refractivity contribution >= 4 is 28.2 Å². The summed E-state index contributed by atoms with van der Waals surface area (Å²) < 4.78 is 2.02. The van der Waals surface area contributed by atoms with Gasteiger partial charge in [-0.25, -0.2) is 4.98 Å². The van der Waals surface area contributed by atoms with E-state index in [-0.39, 0.29) is 5.78 Å². The number of carbonyl (C=O) groups is 1. The Morgan fingerprint density at radius 3 is 2.65 bits per heavy atom. The van der Waals surface area contributed by atoms with Crippen LogP contribution in [0.1, 0.15) is 27.2 Å². The molecule has 4 aromatic rings. The van der Waals surface area contributed by atoms with Gasteiger partial charge < -0.3 is 0 Å². The first-order chi connectivity index (χ1) is 12.6. The minimum Gasteiger partial charge on any atom is -0.290 e. The lowest BCUT2D eigenvalue weighted by Crippen LogP contribution is -1.96. The molecule has 3 nitrogen and oxygen atoms in total. The lowest BCUT2D eigenvalue weighted by molar-refractivity contribution is 0.104. The largest absolute Gasteiger partial charge is 0.290 e. The van der Waals surface area contributed by atoms with Crippen LogP contribution >= 0.6 is 11.3 Å². The number of imidazole rings is 1. The van der Waals surface area contributed by atoms with E-state index < -0.39 is 0 Å². The van der Waals surface area contributed by atoms with Crippen LogP contribution < -0.4 is 0 Å². The molecule has 0 atom stereocenters. The zero-order chi connectivity index (χ0) is 18.1. The van der Waals surface area contributed by atoms with Gasteiger partial charge in [-0.1, -0.05) is 42.5 Å². The summed E-state index contributed by atoms with van der Waals surface area (Å²) in [5.41, 5.74) is 5.87. The SMILES string of the molecule is Cc1ccc(C(=O)/C=C/c2c(-c3ccccc3)nc3sccn23)cc1C. The number of ketones is 1. The molecule has 4 heteroatoms. The van der Waals surface area contributed by atoms with Gasteiger partial charge in [0.2, 0.25) is 0 Å². The number of benzene rings is 2. The molecule has 0 saturated heterocycles. The summed E-state index contributed by atoms with van der Waals surface area (Å²) in [7, 11) is 0. The Morgan fingerprint density at radius 2 is 1.88 bits per heavy atom. The maximum absolute atomic E-state index is 12.6. The topological polar surface area (TPSA) is 34.4 Å². The summed E-state index contributed by atoms with van der Waals surface area (Å²) in [6, 6.07) is 15.9. The molecule has 4 rings (SSSR count). The summed E-state index contributed by atoms with van der Waals surface area (Å²) in [6.07, 6.45) is 5.49.